The number of nitrogens with two attached hydrogens (primary N) is 1. The SMILES string of the molecule is C[C@H](N)C(=O)OC(=O)C(=O)OOC(=O)C=O. The van der Waals surface area contributed by atoms with Crippen LogP contribution in [0.15, 0.2) is 0 Å². The molecule has 0 aromatic heterocycles. The van der Waals surface area contributed by atoms with Crippen molar-refractivity contribution in [1.82, 2.24) is 0 Å². The topological polar surface area (TPSA) is 139 Å². The molecule has 9 heteroatoms. The number of aldehydes is 1. The van der Waals surface area contributed by atoms with Crippen molar-refractivity contribution in [3.05, 3.63) is 0 Å². The second-order valence-corrected chi connectivity index (χ2v) is 2.39. The maximum Gasteiger partial charge on any atom is 0.463 e. The lowest BCUT2D eigenvalue weighted by atomic mass is 10.4. The number of ether oxygens (including phenoxy) is 1. The molecular formula is C7H7NO8. The van der Waals surface area contributed by atoms with Crippen molar-refractivity contribution >= 4 is 30.2 Å². The first-order valence-corrected chi connectivity index (χ1v) is 3.77. The lowest BCUT2D eigenvalue weighted by Crippen LogP contribution is -2.33. The van der Waals surface area contributed by atoms with Crippen molar-refractivity contribution in [1.29, 1.82) is 0 Å². The monoisotopic (exact) mass is 233 g/mol. The van der Waals surface area contributed by atoms with Gasteiger partial charge in [0.1, 0.15) is 6.04 Å². The molecule has 16 heavy (non-hydrogen) atoms. The van der Waals surface area contributed by atoms with Gasteiger partial charge in [0.2, 0.25) is 6.29 Å². The number of carbonyl (C=O) groups is 5. The van der Waals surface area contributed by atoms with Crippen LogP contribution in [-0.2, 0) is 38.5 Å². The summed E-state index contributed by atoms with van der Waals surface area (Å²) in [6, 6.07) is -1.12. The lowest BCUT2D eigenvalue weighted by Gasteiger charge is -2.03. The molecular weight excluding hydrogens is 226 g/mol. The van der Waals surface area contributed by atoms with E-state index in [1.807, 2.05) is 0 Å². The zero-order chi connectivity index (χ0) is 12.7. The number of rotatable bonds is 2. The first kappa shape index (κ1) is 13.7. The summed E-state index contributed by atoms with van der Waals surface area (Å²) in [7, 11) is 0. The fraction of sp³-hybridized carbons (Fsp3) is 0.286. The molecule has 0 saturated heterocycles. The van der Waals surface area contributed by atoms with Gasteiger partial charge in [0.05, 0.1) is 0 Å². The van der Waals surface area contributed by atoms with Gasteiger partial charge in [0, 0.05) is 0 Å². The average molecular weight is 233 g/mol. The van der Waals surface area contributed by atoms with Crippen LogP contribution in [0, 0.1) is 0 Å². The van der Waals surface area contributed by atoms with E-state index < -0.39 is 29.9 Å². The fourth-order valence-electron chi connectivity index (χ4n) is 0.359. The highest BCUT2D eigenvalue weighted by molar-refractivity contribution is 6.31. The molecule has 2 N–H and O–H groups in total. The number of esters is 2. The highest BCUT2D eigenvalue weighted by Crippen LogP contribution is 1.90. The first-order chi connectivity index (χ1) is 7.38. The largest absolute Gasteiger partial charge is 0.463 e. The molecule has 0 saturated carbocycles. The third kappa shape index (κ3) is 4.81. The Hall–Kier alpha value is -2.29. The molecule has 0 bridgehead atoms. The zero-order valence-electron chi connectivity index (χ0n) is 8.00. The highest BCUT2D eigenvalue weighted by atomic mass is 17.2. The van der Waals surface area contributed by atoms with Crippen LogP contribution in [-0.4, -0.2) is 36.2 Å². The summed E-state index contributed by atoms with van der Waals surface area (Å²) in [6.45, 7) is 1.22. The smallest absolute Gasteiger partial charge is 0.383 e. The number of hydrogen-bond donors (Lipinski definition) is 1. The van der Waals surface area contributed by atoms with Gasteiger partial charge in [-0.15, -0.1) is 0 Å². The molecule has 1 atom stereocenters. The van der Waals surface area contributed by atoms with Crippen LogP contribution in [0.2, 0.25) is 0 Å². The van der Waals surface area contributed by atoms with E-state index in [0.717, 1.165) is 0 Å². The van der Waals surface area contributed by atoms with Crippen LogP contribution in [0.5, 0.6) is 0 Å². The van der Waals surface area contributed by atoms with E-state index >= 15 is 0 Å². The molecule has 0 heterocycles. The zero-order valence-corrected chi connectivity index (χ0v) is 8.00. The molecule has 0 aromatic rings. The number of carbonyl (C=O) groups excluding carboxylic acids is 5. The summed E-state index contributed by atoms with van der Waals surface area (Å²) in [5.74, 6) is -6.19. The summed E-state index contributed by atoms with van der Waals surface area (Å²) in [6.07, 6.45) is -0.300. The molecule has 0 radical (unpaired) electrons. The Labute approximate surface area is 88.3 Å². The molecule has 0 unspecified atom stereocenters. The lowest BCUT2D eigenvalue weighted by molar-refractivity contribution is -0.255. The molecule has 88 valence electrons. The number of hydrogen-bond acceptors (Lipinski definition) is 9. The Kier molecular flexibility index (Phi) is 5.35. The third-order valence-electron chi connectivity index (χ3n) is 1.03. The minimum Gasteiger partial charge on any atom is -0.383 e. The summed E-state index contributed by atoms with van der Waals surface area (Å²) < 4.78 is 3.88. The van der Waals surface area contributed by atoms with Crippen molar-refractivity contribution in [2.45, 2.75) is 13.0 Å². The Morgan fingerprint density at radius 3 is 2.12 bits per heavy atom. The Bertz CT molecular complexity index is 333. The van der Waals surface area contributed by atoms with Crippen LogP contribution < -0.4 is 5.73 Å². The molecule has 0 rings (SSSR count). The van der Waals surface area contributed by atoms with Gasteiger partial charge in [0.15, 0.2) is 0 Å². The van der Waals surface area contributed by atoms with Crippen molar-refractivity contribution in [2.24, 2.45) is 5.73 Å². The maximum absolute atomic E-state index is 10.7. The molecule has 0 aliphatic heterocycles. The summed E-state index contributed by atoms with van der Waals surface area (Å²) >= 11 is 0. The molecule has 9 nitrogen and oxygen atoms in total. The highest BCUT2D eigenvalue weighted by Gasteiger charge is 2.25. The molecule has 0 fully saturated rings. The van der Waals surface area contributed by atoms with Gasteiger partial charge in [0.25, 0.3) is 0 Å². The van der Waals surface area contributed by atoms with Crippen molar-refractivity contribution in [3.8, 4) is 0 Å². The van der Waals surface area contributed by atoms with E-state index in [2.05, 4.69) is 14.5 Å². The van der Waals surface area contributed by atoms with Crippen LogP contribution in [0.4, 0.5) is 0 Å². The van der Waals surface area contributed by atoms with Gasteiger partial charge in [-0.25, -0.2) is 29.0 Å². The van der Waals surface area contributed by atoms with Gasteiger partial charge >= 0.3 is 23.9 Å². The minimum absolute atomic E-state index is 0.300. The standard InChI is InChI=1S/C7H7NO8/c1-3(8)5(11)14-6(12)7(13)16-15-4(10)2-9/h2-3H,8H2,1H3/t3-/m0/s1. The predicted octanol–water partition coefficient (Wildman–Crippen LogP) is -2.40. The molecule has 0 amide bonds. The van der Waals surface area contributed by atoms with Crippen molar-refractivity contribution in [2.75, 3.05) is 0 Å². The van der Waals surface area contributed by atoms with E-state index in [-0.39, 0.29) is 6.29 Å². The Balaban J connectivity index is 4.10. The van der Waals surface area contributed by atoms with E-state index in [9.17, 15) is 24.0 Å². The van der Waals surface area contributed by atoms with Crippen molar-refractivity contribution < 1.29 is 38.5 Å². The van der Waals surface area contributed by atoms with Crippen LogP contribution in [0.3, 0.4) is 0 Å². The van der Waals surface area contributed by atoms with Gasteiger partial charge in [-0.1, -0.05) is 0 Å². The maximum atomic E-state index is 10.7. The van der Waals surface area contributed by atoms with Gasteiger partial charge in [-0.3, -0.25) is 4.79 Å². The predicted molar refractivity (Wildman–Crippen MR) is 43.0 cm³/mol. The van der Waals surface area contributed by atoms with E-state index in [0.29, 0.717) is 0 Å². The summed E-state index contributed by atoms with van der Waals surface area (Å²) in [5.41, 5.74) is 5.02. The first-order valence-electron chi connectivity index (χ1n) is 3.77. The van der Waals surface area contributed by atoms with E-state index in [1.54, 1.807) is 0 Å². The summed E-state index contributed by atoms with van der Waals surface area (Å²) in [5, 5.41) is 0. The van der Waals surface area contributed by atoms with E-state index in [1.165, 1.54) is 6.92 Å². The van der Waals surface area contributed by atoms with Crippen LogP contribution in [0.25, 0.3) is 0 Å². The second-order valence-electron chi connectivity index (χ2n) is 2.39. The van der Waals surface area contributed by atoms with Crippen LogP contribution >= 0.6 is 0 Å². The minimum atomic E-state index is -1.77. The quantitative estimate of drug-likeness (QED) is 0.138. The molecule has 0 aromatic carbocycles. The Morgan fingerprint density at radius 1 is 1.12 bits per heavy atom. The molecule has 0 spiro atoms. The van der Waals surface area contributed by atoms with Crippen LogP contribution in [0.1, 0.15) is 6.92 Å². The normalized spacial score (nSPS) is 10.9. The summed E-state index contributed by atoms with van der Waals surface area (Å²) in [4.78, 5) is 59.0. The third-order valence-corrected chi connectivity index (χ3v) is 1.03. The van der Waals surface area contributed by atoms with Gasteiger partial charge < -0.3 is 10.5 Å². The van der Waals surface area contributed by atoms with Gasteiger partial charge in [-0.05, 0) is 6.92 Å². The van der Waals surface area contributed by atoms with E-state index in [4.69, 9.17) is 5.73 Å². The molecule has 0 aliphatic rings. The molecule has 0 aliphatic carbocycles. The van der Waals surface area contributed by atoms with Gasteiger partial charge in [-0.2, -0.15) is 0 Å². The van der Waals surface area contributed by atoms with Crippen molar-refractivity contribution in [3.63, 3.8) is 0 Å². The second kappa shape index (κ2) is 6.24. The Morgan fingerprint density at radius 2 is 1.69 bits per heavy atom. The fourth-order valence-corrected chi connectivity index (χ4v) is 0.359. The average Bonchev–Trinajstić information content (AvgIpc) is 2.24.